The second-order valence-electron chi connectivity index (χ2n) is 10.5. The molecule has 2 N–H and O–H groups in total. The van der Waals surface area contributed by atoms with Crippen LogP contribution in [0.15, 0.2) is 42.5 Å². The van der Waals surface area contributed by atoms with E-state index in [2.05, 4.69) is 10.6 Å². The maximum Gasteiger partial charge on any atom is 0.410 e. The highest BCUT2D eigenvalue weighted by Gasteiger charge is 2.27. The Morgan fingerprint density at radius 3 is 2.37 bits per heavy atom. The second-order valence-corrected chi connectivity index (χ2v) is 10.5. The lowest BCUT2D eigenvalue weighted by Gasteiger charge is -2.34. The SMILES string of the molecule is COc1ccc(NC(=O)Cc2cccc(NC(=O)CCC3CCCN(C(=O)OC(C)(C)C)C3)c2)cc1OC. The number of anilines is 2. The molecule has 0 saturated carbocycles. The van der Waals surface area contributed by atoms with Gasteiger partial charge >= 0.3 is 6.09 Å². The van der Waals surface area contributed by atoms with E-state index >= 15 is 0 Å². The fraction of sp³-hybridized carbons (Fsp3) is 0.483. The number of methoxy groups -OCH3 is 2. The Morgan fingerprint density at radius 2 is 1.66 bits per heavy atom. The standard InChI is InChI=1S/C29H39N3O6/c1-29(2,3)38-28(35)32-15-7-9-20(19-32)11-14-26(33)30-22-10-6-8-21(16-22)17-27(34)31-23-12-13-24(36-4)25(18-23)37-5/h6,8,10,12-13,16,18,20H,7,9,11,14-15,17,19H2,1-5H3,(H,30,33)(H,31,34). The zero-order chi connectivity index (χ0) is 27.7. The van der Waals surface area contributed by atoms with E-state index in [1.165, 1.54) is 7.11 Å². The quantitative estimate of drug-likeness (QED) is 0.463. The molecule has 38 heavy (non-hydrogen) atoms. The van der Waals surface area contributed by atoms with Gasteiger partial charge in [0.25, 0.3) is 0 Å². The van der Waals surface area contributed by atoms with Crippen molar-refractivity contribution in [1.82, 2.24) is 4.90 Å². The van der Waals surface area contributed by atoms with E-state index in [9.17, 15) is 14.4 Å². The summed E-state index contributed by atoms with van der Waals surface area (Å²) in [6.45, 7) is 6.86. The van der Waals surface area contributed by atoms with Crippen LogP contribution in [-0.2, 0) is 20.7 Å². The molecule has 1 aliphatic rings. The van der Waals surface area contributed by atoms with E-state index in [0.717, 1.165) is 18.4 Å². The van der Waals surface area contributed by atoms with Crippen LogP contribution in [0, 0.1) is 5.92 Å². The zero-order valence-electron chi connectivity index (χ0n) is 23.0. The molecule has 2 aromatic carbocycles. The largest absolute Gasteiger partial charge is 0.493 e. The highest BCUT2D eigenvalue weighted by atomic mass is 16.6. The number of hydrogen-bond donors (Lipinski definition) is 2. The maximum absolute atomic E-state index is 12.6. The summed E-state index contributed by atoms with van der Waals surface area (Å²) < 4.78 is 16.0. The predicted molar refractivity (Wildman–Crippen MR) is 147 cm³/mol. The van der Waals surface area contributed by atoms with Crippen molar-refractivity contribution < 1.29 is 28.6 Å². The lowest BCUT2D eigenvalue weighted by molar-refractivity contribution is -0.117. The maximum atomic E-state index is 12.6. The molecule has 9 nitrogen and oxygen atoms in total. The fourth-order valence-corrected chi connectivity index (χ4v) is 4.42. The number of piperidine rings is 1. The molecular weight excluding hydrogens is 486 g/mol. The molecule has 1 saturated heterocycles. The number of nitrogens with zero attached hydrogens (tertiary/aromatic N) is 1. The normalized spacial score (nSPS) is 15.4. The minimum Gasteiger partial charge on any atom is -0.493 e. The molecule has 1 heterocycles. The van der Waals surface area contributed by atoms with Gasteiger partial charge < -0.3 is 29.7 Å². The molecule has 1 aliphatic heterocycles. The van der Waals surface area contributed by atoms with Crippen molar-refractivity contribution >= 4 is 29.3 Å². The van der Waals surface area contributed by atoms with Gasteiger partial charge in [-0.3, -0.25) is 9.59 Å². The number of hydrogen-bond acceptors (Lipinski definition) is 6. The molecule has 2 aromatic rings. The van der Waals surface area contributed by atoms with Crippen molar-refractivity contribution in [3.8, 4) is 11.5 Å². The number of likely N-dealkylation sites (tertiary alicyclic amines) is 1. The minimum atomic E-state index is -0.525. The monoisotopic (exact) mass is 525 g/mol. The van der Waals surface area contributed by atoms with Crippen molar-refractivity contribution in [3.05, 3.63) is 48.0 Å². The smallest absolute Gasteiger partial charge is 0.410 e. The van der Waals surface area contributed by atoms with Gasteiger partial charge in [-0.2, -0.15) is 0 Å². The summed E-state index contributed by atoms with van der Waals surface area (Å²) in [5.74, 6) is 1.09. The van der Waals surface area contributed by atoms with Gasteiger partial charge in [0, 0.05) is 37.0 Å². The molecule has 0 aromatic heterocycles. The molecule has 0 spiro atoms. The molecule has 3 rings (SSSR count). The predicted octanol–water partition coefficient (Wildman–Crippen LogP) is 5.25. The Hall–Kier alpha value is -3.75. The number of ether oxygens (including phenoxy) is 3. The van der Waals surface area contributed by atoms with E-state index in [-0.39, 0.29) is 30.2 Å². The highest BCUT2D eigenvalue weighted by Crippen LogP contribution is 2.30. The van der Waals surface area contributed by atoms with Crippen LogP contribution in [0.3, 0.4) is 0 Å². The Labute approximate surface area is 224 Å². The molecule has 0 aliphatic carbocycles. The minimum absolute atomic E-state index is 0.0914. The van der Waals surface area contributed by atoms with Gasteiger partial charge in [-0.25, -0.2) is 4.79 Å². The lowest BCUT2D eigenvalue weighted by atomic mass is 9.93. The molecule has 1 atom stereocenters. The molecule has 0 radical (unpaired) electrons. The van der Waals surface area contributed by atoms with Crippen LogP contribution in [0.25, 0.3) is 0 Å². The van der Waals surface area contributed by atoms with Crippen LogP contribution in [0.1, 0.15) is 52.0 Å². The Morgan fingerprint density at radius 1 is 0.947 bits per heavy atom. The average molecular weight is 526 g/mol. The van der Waals surface area contributed by atoms with Crippen molar-refractivity contribution in [2.24, 2.45) is 5.92 Å². The first kappa shape index (κ1) is 28.8. The third-order valence-corrected chi connectivity index (χ3v) is 6.19. The summed E-state index contributed by atoms with van der Waals surface area (Å²) in [6, 6.07) is 12.4. The summed E-state index contributed by atoms with van der Waals surface area (Å²) in [5, 5.41) is 5.79. The van der Waals surface area contributed by atoms with Crippen molar-refractivity contribution in [2.75, 3.05) is 37.9 Å². The van der Waals surface area contributed by atoms with Gasteiger partial charge in [0.05, 0.1) is 20.6 Å². The number of carbonyl (C=O) groups is 3. The van der Waals surface area contributed by atoms with Gasteiger partial charge in [-0.05, 0) is 75.8 Å². The van der Waals surface area contributed by atoms with Crippen molar-refractivity contribution in [3.63, 3.8) is 0 Å². The number of rotatable bonds is 9. The first-order valence-corrected chi connectivity index (χ1v) is 12.9. The average Bonchev–Trinajstić information content (AvgIpc) is 2.86. The van der Waals surface area contributed by atoms with Gasteiger partial charge in [0.1, 0.15) is 5.60 Å². The number of carbonyl (C=O) groups excluding carboxylic acids is 3. The summed E-state index contributed by atoms with van der Waals surface area (Å²) in [4.78, 5) is 39.4. The molecular formula is C29H39N3O6. The van der Waals surface area contributed by atoms with E-state index in [1.54, 1.807) is 42.3 Å². The topological polar surface area (TPSA) is 106 Å². The van der Waals surface area contributed by atoms with Gasteiger partial charge in [-0.1, -0.05) is 12.1 Å². The zero-order valence-corrected chi connectivity index (χ0v) is 23.0. The Kier molecular flexibility index (Phi) is 9.98. The van der Waals surface area contributed by atoms with Crippen LogP contribution in [-0.4, -0.2) is 55.7 Å². The molecule has 0 bridgehead atoms. The molecule has 3 amide bonds. The molecule has 206 valence electrons. The van der Waals surface area contributed by atoms with Gasteiger partial charge in [0.15, 0.2) is 11.5 Å². The highest BCUT2D eigenvalue weighted by molar-refractivity contribution is 5.93. The third-order valence-electron chi connectivity index (χ3n) is 6.19. The van der Waals surface area contributed by atoms with Crippen molar-refractivity contribution in [1.29, 1.82) is 0 Å². The fourth-order valence-electron chi connectivity index (χ4n) is 4.42. The molecule has 9 heteroatoms. The molecule has 1 unspecified atom stereocenters. The molecule has 1 fully saturated rings. The van der Waals surface area contributed by atoms with E-state index in [1.807, 2.05) is 32.9 Å². The van der Waals surface area contributed by atoms with Gasteiger partial charge in [-0.15, -0.1) is 0 Å². The van der Waals surface area contributed by atoms with Crippen molar-refractivity contribution in [2.45, 2.75) is 58.5 Å². The van der Waals surface area contributed by atoms with Crippen LogP contribution >= 0.6 is 0 Å². The second kappa shape index (κ2) is 13.2. The first-order chi connectivity index (χ1) is 18.1. The van der Waals surface area contributed by atoms with Gasteiger partial charge in [0.2, 0.25) is 11.8 Å². The number of nitrogens with one attached hydrogen (secondary N) is 2. The first-order valence-electron chi connectivity index (χ1n) is 12.9. The number of benzene rings is 2. The van der Waals surface area contributed by atoms with Crippen LogP contribution < -0.4 is 20.1 Å². The summed E-state index contributed by atoms with van der Waals surface area (Å²) >= 11 is 0. The van der Waals surface area contributed by atoms with E-state index in [0.29, 0.717) is 48.8 Å². The van der Waals surface area contributed by atoms with Crippen LogP contribution in [0.4, 0.5) is 16.2 Å². The Bertz CT molecular complexity index is 1130. The van der Waals surface area contributed by atoms with E-state index in [4.69, 9.17) is 14.2 Å². The van der Waals surface area contributed by atoms with E-state index < -0.39 is 5.60 Å². The van der Waals surface area contributed by atoms with Crippen LogP contribution in [0.5, 0.6) is 11.5 Å². The summed E-state index contributed by atoms with van der Waals surface area (Å²) in [7, 11) is 3.09. The lowest BCUT2D eigenvalue weighted by Crippen LogP contribution is -2.43. The Balaban J connectivity index is 1.47. The number of amides is 3. The summed E-state index contributed by atoms with van der Waals surface area (Å²) in [6.07, 6.45) is 2.80. The summed E-state index contributed by atoms with van der Waals surface area (Å²) in [5.41, 5.74) is 1.50. The van der Waals surface area contributed by atoms with Crippen LogP contribution in [0.2, 0.25) is 0 Å². The third kappa shape index (κ3) is 8.97.